The number of nitrogens with one attached hydrogen (secondary N) is 1. The summed E-state index contributed by atoms with van der Waals surface area (Å²) in [5.74, 6) is 1.14. The van der Waals surface area contributed by atoms with Crippen LogP contribution in [0.2, 0.25) is 0 Å². The molecular weight excluding hydrogens is 244 g/mol. The molecule has 0 saturated heterocycles. The Morgan fingerprint density at radius 1 is 1.33 bits per heavy atom. The molecule has 2 rings (SSSR count). The van der Waals surface area contributed by atoms with Gasteiger partial charge in [0.1, 0.15) is 5.75 Å². The van der Waals surface area contributed by atoms with Gasteiger partial charge in [0.15, 0.2) is 5.82 Å². The number of alkyl halides is 2. The molecule has 2 aromatic rings. The van der Waals surface area contributed by atoms with Crippen LogP contribution < -0.4 is 10.1 Å². The van der Waals surface area contributed by atoms with Gasteiger partial charge in [-0.05, 0) is 31.2 Å². The number of anilines is 1. The Morgan fingerprint density at radius 2 is 2.06 bits per heavy atom. The first-order valence-electron chi connectivity index (χ1n) is 5.21. The lowest BCUT2D eigenvalue weighted by Crippen LogP contribution is -2.02. The molecule has 5 nitrogen and oxygen atoms in total. The fourth-order valence-electron chi connectivity index (χ4n) is 1.34. The third-order valence-electron chi connectivity index (χ3n) is 2.09. The molecule has 1 N–H and O–H groups in total. The van der Waals surface area contributed by atoms with Crippen molar-refractivity contribution in [3.63, 3.8) is 0 Å². The third-order valence-corrected chi connectivity index (χ3v) is 2.09. The Hall–Kier alpha value is -2.18. The summed E-state index contributed by atoms with van der Waals surface area (Å²) in [4.78, 5) is 4.02. The zero-order chi connectivity index (χ0) is 13.0. The van der Waals surface area contributed by atoms with Crippen molar-refractivity contribution in [2.75, 3.05) is 5.32 Å². The van der Waals surface area contributed by atoms with Gasteiger partial charge in [0.2, 0.25) is 5.89 Å². The Balaban J connectivity index is 1.90. The van der Waals surface area contributed by atoms with Crippen LogP contribution in [0.4, 0.5) is 14.5 Å². The second-order valence-electron chi connectivity index (χ2n) is 3.49. The fourth-order valence-corrected chi connectivity index (χ4v) is 1.34. The van der Waals surface area contributed by atoms with Gasteiger partial charge in [-0.2, -0.15) is 13.8 Å². The molecule has 1 heterocycles. The average Bonchev–Trinajstić information content (AvgIpc) is 2.74. The van der Waals surface area contributed by atoms with E-state index in [1.54, 1.807) is 19.1 Å². The summed E-state index contributed by atoms with van der Waals surface area (Å²) in [7, 11) is 0. The molecule has 96 valence electrons. The number of aryl methyl sites for hydroxylation is 1. The maximum atomic E-state index is 11.9. The second-order valence-corrected chi connectivity index (χ2v) is 3.49. The number of hydrogen-bond acceptors (Lipinski definition) is 5. The summed E-state index contributed by atoms with van der Waals surface area (Å²) in [6, 6.07) is 6.16. The number of aromatic nitrogens is 2. The van der Waals surface area contributed by atoms with Gasteiger partial charge in [-0.15, -0.1) is 0 Å². The van der Waals surface area contributed by atoms with Crippen molar-refractivity contribution >= 4 is 5.69 Å². The summed E-state index contributed by atoms with van der Waals surface area (Å²) in [5, 5.41) is 6.66. The summed E-state index contributed by atoms with van der Waals surface area (Å²) in [6.45, 7) is -0.718. The molecule has 1 aromatic carbocycles. The quantitative estimate of drug-likeness (QED) is 0.889. The van der Waals surface area contributed by atoms with E-state index in [1.165, 1.54) is 12.1 Å². The number of rotatable bonds is 5. The Kier molecular flexibility index (Phi) is 3.71. The van der Waals surface area contributed by atoms with Gasteiger partial charge in [-0.3, -0.25) is 0 Å². The Morgan fingerprint density at radius 3 is 2.61 bits per heavy atom. The lowest BCUT2D eigenvalue weighted by molar-refractivity contribution is -0.0498. The van der Waals surface area contributed by atoms with E-state index in [2.05, 4.69) is 20.2 Å². The van der Waals surface area contributed by atoms with E-state index in [9.17, 15) is 8.78 Å². The minimum atomic E-state index is -2.81. The van der Waals surface area contributed by atoms with Crippen molar-refractivity contribution in [1.29, 1.82) is 0 Å². The van der Waals surface area contributed by atoms with E-state index in [1.807, 2.05) is 0 Å². The van der Waals surface area contributed by atoms with Gasteiger partial charge in [0.25, 0.3) is 0 Å². The monoisotopic (exact) mass is 255 g/mol. The summed E-state index contributed by atoms with van der Waals surface area (Å²) in [6.07, 6.45) is 0. The predicted octanol–water partition coefficient (Wildman–Crippen LogP) is 2.59. The van der Waals surface area contributed by atoms with Crippen LogP contribution in [-0.4, -0.2) is 16.8 Å². The maximum Gasteiger partial charge on any atom is 0.387 e. The van der Waals surface area contributed by atoms with Gasteiger partial charge >= 0.3 is 6.61 Å². The Labute approximate surface area is 102 Å². The van der Waals surface area contributed by atoms with Crippen molar-refractivity contribution in [3.05, 3.63) is 36.0 Å². The molecule has 0 bridgehead atoms. The maximum absolute atomic E-state index is 11.9. The molecule has 18 heavy (non-hydrogen) atoms. The summed E-state index contributed by atoms with van der Waals surface area (Å²) >= 11 is 0. The first-order valence-corrected chi connectivity index (χ1v) is 5.21. The highest BCUT2D eigenvalue weighted by atomic mass is 19.3. The molecule has 0 saturated carbocycles. The molecular formula is C11H11F2N3O2. The number of halogens is 2. The van der Waals surface area contributed by atoms with Crippen LogP contribution in [0.15, 0.2) is 28.8 Å². The SMILES string of the molecule is Cc1noc(CNc2ccc(OC(F)F)cc2)n1. The number of benzene rings is 1. The highest BCUT2D eigenvalue weighted by Crippen LogP contribution is 2.18. The van der Waals surface area contributed by atoms with Crippen LogP contribution in [0.1, 0.15) is 11.7 Å². The van der Waals surface area contributed by atoms with Crippen LogP contribution in [0.3, 0.4) is 0 Å². The van der Waals surface area contributed by atoms with Crippen LogP contribution in [-0.2, 0) is 6.54 Å². The minimum absolute atomic E-state index is 0.115. The van der Waals surface area contributed by atoms with Gasteiger partial charge in [0, 0.05) is 5.69 Å². The lowest BCUT2D eigenvalue weighted by atomic mass is 10.3. The normalized spacial score (nSPS) is 10.7. The molecule has 0 radical (unpaired) electrons. The number of hydrogen-bond donors (Lipinski definition) is 1. The predicted molar refractivity (Wildman–Crippen MR) is 59.4 cm³/mol. The highest BCUT2D eigenvalue weighted by Gasteiger charge is 2.04. The highest BCUT2D eigenvalue weighted by molar-refractivity contribution is 5.46. The smallest absolute Gasteiger partial charge is 0.387 e. The molecule has 0 fully saturated rings. The van der Waals surface area contributed by atoms with E-state index in [-0.39, 0.29) is 5.75 Å². The molecule has 0 aliphatic carbocycles. The minimum Gasteiger partial charge on any atom is -0.435 e. The van der Waals surface area contributed by atoms with E-state index in [0.29, 0.717) is 18.3 Å². The summed E-state index contributed by atoms with van der Waals surface area (Å²) < 4.78 is 33.0. The largest absolute Gasteiger partial charge is 0.435 e. The second kappa shape index (κ2) is 5.44. The van der Waals surface area contributed by atoms with E-state index in [0.717, 1.165) is 5.69 Å². The first-order chi connectivity index (χ1) is 8.63. The fraction of sp³-hybridized carbons (Fsp3) is 0.273. The van der Waals surface area contributed by atoms with Gasteiger partial charge in [-0.25, -0.2) is 0 Å². The van der Waals surface area contributed by atoms with E-state index < -0.39 is 6.61 Å². The van der Waals surface area contributed by atoms with Gasteiger partial charge in [-0.1, -0.05) is 5.16 Å². The molecule has 0 aliphatic rings. The number of ether oxygens (including phenoxy) is 1. The van der Waals surface area contributed by atoms with Crippen molar-refractivity contribution in [1.82, 2.24) is 10.1 Å². The molecule has 0 amide bonds. The van der Waals surface area contributed by atoms with Gasteiger partial charge < -0.3 is 14.6 Å². The third kappa shape index (κ3) is 3.41. The van der Waals surface area contributed by atoms with Crippen molar-refractivity contribution in [2.45, 2.75) is 20.1 Å². The molecule has 0 aliphatic heterocycles. The average molecular weight is 255 g/mol. The number of nitrogens with zero attached hydrogens (tertiary/aromatic N) is 2. The zero-order valence-electron chi connectivity index (χ0n) is 9.56. The van der Waals surface area contributed by atoms with Gasteiger partial charge in [0.05, 0.1) is 6.54 Å². The molecule has 7 heteroatoms. The Bertz CT molecular complexity index is 499. The van der Waals surface area contributed by atoms with Crippen molar-refractivity contribution in [3.8, 4) is 5.75 Å². The molecule has 0 atom stereocenters. The van der Waals surface area contributed by atoms with Crippen LogP contribution in [0, 0.1) is 6.92 Å². The molecule has 1 aromatic heterocycles. The van der Waals surface area contributed by atoms with Crippen LogP contribution in [0.5, 0.6) is 5.75 Å². The van der Waals surface area contributed by atoms with Crippen LogP contribution >= 0.6 is 0 Å². The van der Waals surface area contributed by atoms with E-state index in [4.69, 9.17) is 4.52 Å². The van der Waals surface area contributed by atoms with Crippen molar-refractivity contribution < 1.29 is 18.0 Å². The van der Waals surface area contributed by atoms with Crippen LogP contribution in [0.25, 0.3) is 0 Å². The first kappa shape index (κ1) is 12.3. The standard InChI is InChI=1S/C11H11F2N3O2/c1-7-15-10(18-16-7)6-14-8-2-4-9(5-3-8)17-11(12)13/h2-5,11,14H,6H2,1H3. The lowest BCUT2D eigenvalue weighted by Gasteiger charge is -2.06. The molecule has 0 spiro atoms. The van der Waals surface area contributed by atoms with Crippen molar-refractivity contribution in [2.24, 2.45) is 0 Å². The topological polar surface area (TPSA) is 60.2 Å². The molecule has 0 unspecified atom stereocenters. The summed E-state index contributed by atoms with van der Waals surface area (Å²) in [5.41, 5.74) is 0.743. The van der Waals surface area contributed by atoms with E-state index >= 15 is 0 Å². The zero-order valence-corrected chi connectivity index (χ0v) is 9.56.